The van der Waals surface area contributed by atoms with E-state index in [4.69, 9.17) is 0 Å². The molecule has 4 rings (SSSR count). The van der Waals surface area contributed by atoms with E-state index < -0.39 is 11.6 Å². The van der Waals surface area contributed by atoms with E-state index in [0.29, 0.717) is 5.16 Å². The first-order valence-electron chi connectivity index (χ1n) is 7.26. The second-order valence-electron chi connectivity index (χ2n) is 5.57. The summed E-state index contributed by atoms with van der Waals surface area (Å²) in [7, 11) is 0. The van der Waals surface area contributed by atoms with Gasteiger partial charge >= 0.3 is 0 Å². The lowest BCUT2D eigenvalue weighted by atomic mass is 10.1. The minimum Gasteiger partial charge on any atom is -0.366 e. The van der Waals surface area contributed by atoms with Crippen molar-refractivity contribution in [2.75, 3.05) is 11.6 Å². The molecule has 1 aromatic carbocycles. The smallest absolute Gasteiger partial charge is 0.191 e. The van der Waals surface area contributed by atoms with E-state index in [-0.39, 0.29) is 12.0 Å². The summed E-state index contributed by atoms with van der Waals surface area (Å²) in [6.07, 6.45) is 4.62. The van der Waals surface area contributed by atoms with Crippen LogP contribution in [0, 0.1) is 11.6 Å². The maximum Gasteiger partial charge on any atom is 0.191 e. The summed E-state index contributed by atoms with van der Waals surface area (Å²) in [4.78, 5) is 12.0. The van der Waals surface area contributed by atoms with Gasteiger partial charge in [0.15, 0.2) is 16.8 Å². The van der Waals surface area contributed by atoms with Gasteiger partial charge in [-0.2, -0.15) is 0 Å². The van der Waals surface area contributed by atoms with Crippen molar-refractivity contribution in [2.24, 2.45) is 0 Å². The number of aromatic nitrogens is 3. The number of H-pyrrole nitrogens is 1. The van der Waals surface area contributed by atoms with E-state index in [1.54, 1.807) is 6.07 Å². The number of benzene rings is 1. The van der Waals surface area contributed by atoms with Crippen molar-refractivity contribution in [3.8, 4) is 0 Å². The molecule has 1 aliphatic rings. The predicted molar refractivity (Wildman–Crippen MR) is 86.8 cm³/mol. The second kappa shape index (κ2) is 5.49. The molecule has 2 N–H and O–H groups in total. The topological polar surface area (TPSA) is 53.6 Å². The third-order valence-electron chi connectivity index (χ3n) is 4.06. The summed E-state index contributed by atoms with van der Waals surface area (Å²) in [6.45, 7) is 0. The van der Waals surface area contributed by atoms with Crippen LogP contribution < -0.4 is 5.32 Å². The quantitative estimate of drug-likeness (QED) is 0.561. The van der Waals surface area contributed by atoms with Gasteiger partial charge in [0, 0.05) is 18.2 Å². The van der Waals surface area contributed by atoms with Crippen molar-refractivity contribution in [3.05, 3.63) is 47.7 Å². The van der Waals surface area contributed by atoms with Crippen LogP contribution in [0.15, 0.2) is 35.6 Å². The molecule has 0 aliphatic heterocycles. The number of nitrogens with zero attached hydrogens (tertiary/aromatic N) is 2. The molecule has 2 atom stereocenters. The lowest BCUT2D eigenvalue weighted by molar-refractivity contribution is 0.507. The molecule has 0 amide bonds. The zero-order valence-corrected chi connectivity index (χ0v) is 13.1. The molecule has 7 heteroatoms. The molecule has 0 spiro atoms. The normalized spacial score (nSPS) is 20.0. The van der Waals surface area contributed by atoms with Gasteiger partial charge in [-0.3, -0.25) is 0 Å². The summed E-state index contributed by atoms with van der Waals surface area (Å²) >= 11 is 1.48. The fraction of sp³-hybridized carbons (Fsp3) is 0.250. The van der Waals surface area contributed by atoms with Crippen molar-refractivity contribution >= 4 is 28.6 Å². The first-order chi connectivity index (χ1) is 11.2. The molecule has 4 nitrogen and oxygen atoms in total. The van der Waals surface area contributed by atoms with Crippen molar-refractivity contribution < 1.29 is 8.78 Å². The SMILES string of the molecule is CSc1nc(N[C@@H]2C[C@H]2c2ccc(F)c(F)c2)c2cc[nH]c2n1. The fourth-order valence-corrected chi connectivity index (χ4v) is 3.13. The zero-order valence-electron chi connectivity index (χ0n) is 12.3. The Balaban J connectivity index is 1.58. The molecule has 0 saturated heterocycles. The van der Waals surface area contributed by atoms with Gasteiger partial charge in [0.1, 0.15) is 11.5 Å². The van der Waals surface area contributed by atoms with Crippen LogP contribution in [0.3, 0.4) is 0 Å². The molecule has 1 aliphatic carbocycles. The third-order valence-corrected chi connectivity index (χ3v) is 4.61. The summed E-state index contributed by atoms with van der Waals surface area (Å²) in [5, 5.41) is 5.02. The zero-order chi connectivity index (χ0) is 16.0. The summed E-state index contributed by atoms with van der Waals surface area (Å²) in [6, 6.07) is 6.20. The molecule has 2 aromatic heterocycles. The predicted octanol–water partition coefficient (Wildman–Crippen LogP) is 3.93. The molecule has 1 fully saturated rings. The highest BCUT2D eigenvalue weighted by atomic mass is 32.2. The third kappa shape index (κ3) is 2.65. The van der Waals surface area contributed by atoms with Crippen molar-refractivity contribution in [1.29, 1.82) is 0 Å². The first kappa shape index (κ1) is 14.4. The number of hydrogen-bond acceptors (Lipinski definition) is 4. The van der Waals surface area contributed by atoms with Gasteiger partial charge in [0.25, 0.3) is 0 Å². The molecule has 0 unspecified atom stereocenters. The Bertz CT molecular complexity index is 880. The van der Waals surface area contributed by atoms with Crippen LogP contribution in [0.5, 0.6) is 0 Å². The number of thioether (sulfide) groups is 1. The van der Waals surface area contributed by atoms with Gasteiger partial charge in [-0.05, 0) is 36.4 Å². The van der Waals surface area contributed by atoms with Crippen LogP contribution in [0.1, 0.15) is 17.9 Å². The van der Waals surface area contributed by atoms with E-state index in [2.05, 4.69) is 20.3 Å². The van der Waals surface area contributed by atoms with Gasteiger partial charge in [-0.25, -0.2) is 18.7 Å². The molecule has 3 aromatic rings. The Morgan fingerprint density at radius 2 is 2.09 bits per heavy atom. The van der Waals surface area contributed by atoms with E-state index in [1.807, 2.05) is 18.5 Å². The number of rotatable bonds is 4. The van der Waals surface area contributed by atoms with E-state index in [0.717, 1.165) is 28.8 Å². The average molecular weight is 332 g/mol. The molecular weight excluding hydrogens is 318 g/mol. The second-order valence-corrected chi connectivity index (χ2v) is 6.34. The fourth-order valence-electron chi connectivity index (χ4n) is 2.76. The lowest BCUT2D eigenvalue weighted by Crippen LogP contribution is -2.07. The standard InChI is InChI=1S/C16H14F2N4S/c1-23-16-21-14-9(4-5-19-14)15(22-16)20-13-7-10(13)8-2-3-11(17)12(18)6-8/h2-6,10,13H,7H2,1H3,(H2,19,20,21,22)/t10-,13+/m0/s1. The number of hydrogen-bond donors (Lipinski definition) is 2. The van der Waals surface area contributed by atoms with E-state index in [1.165, 1.54) is 23.9 Å². The van der Waals surface area contributed by atoms with Crippen LogP contribution >= 0.6 is 11.8 Å². The minimum absolute atomic E-state index is 0.169. The van der Waals surface area contributed by atoms with E-state index >= 15 is 0 Å². The van der Waals surface area contributed by atoms with Crippen LogP contribution in [-0.4, -0.2) is 27.2 Å². The molecule has 0 bridgehead atoms. The number of aromatic amines is 1. The van der Waals surface area contributed by atoms with Gasteiger partial charge in [0.2, 0.25) is 0 Å². The highest BCUT2D eigenvalue weighted by Crippen LogP contribution is 2.43. The molecular formula is C16H14F2N4S. The molecule has 2 heterocycles. The van der Waals surface area contributed by atoms with Crippen LogP contribution in [0.4, 0.5) is 14.6 Å². The van der Waals surface area contributed by atoms with Crippen LogP contribution in [0.25, 0.3) is 11.0 Å². The van der Waals surface area contributed by atoms with Crippen molar-refractivity contribution in [1.82, 2.24) is 15.0 Å². The Labute approximate surface area is 135 Å². The maximum absolute atomic E-state index is 13.4. The average Bonchev–Trinajstić information content (AvgIpc) is 3.14. The van der Waals surface area contributed by atoms with Gasteiger partial charge in [-0.15, -0.1) is 0 Å². The van der Waals surface area contributed by atoms with Gasteiger partial charge < -0.3 is 10.3 Å². The largest absolute Gasteiger partial charge is 0.366 e. The Morgan fingerprint density at radius 3 is 2.87 bits per heavy atom. The van der Waals surface area contributed by atoms with Crippen LogP contribution in [0.2, 0.25) is 0 Å². The highest BCUT2D eigenvalue weighted by Gasteiger charge is 2.39. The van der Waals surface area contributed by atoms with Crippen molar-refractivity contribution in [2.45, 2.75) is 23.5 Å². The van der Waals surface area contributed by atoms with Gasteiger partial charge in [-0.1, -0.05) is 17.8 Å². The number of anilines is 1. The Morgan fingerprint density at radius 1 is 1.22 bits per heavy atom. The molecule has 1 saturated carbocycles. The Hall–Kier alpha value is -2.15. The number of fused-ring (bicyclic) bond motifs is 1. The summed E-state index contributed by atoms with van der Waals surface area (Å²) in [5.74, 6) is -0.663. The van der Waals surface area contributed by atoms with Crippen LogP contribution in [-0.2, 0) is 0 Å². The highest BCUT2D eigenvalue weighted by molar-refractivity contribution is 7.98. The van der Waals surface area contributed by atoms with Gasteiger partial charge in [0.05, 0.1) is 5.39 Å². The van der Waals surface area contributed by atoms with E-state index in [9.17, 15) is 8.78 Å². The Kier molecular flexibility index (Phi) is 3.45. The summed E-state index contributed by atoms with van der Waals surface area (Å²) in [5.41, 5.74) is 1.60. The lowest BCUT2D eigenvalue weighted by Gasteiger charge is -2.08. The monoisotopic (exact) mass is 332 g/mol. The minimum atomic E-state index is -0.812. The maximum atomic E-state index is 13.4. The number of halogens is 2. The first-order valence-corrected chi connectivity index (χ1v) is 8.49. The van der Waals surface area contributed by atoms with Crippen molar-refractivity contribution in [3.63, 3.8) is 0 Å². The molecule has 118 valence electrons. The molecule has 0 radical (unpaired) electrons. The molecule has 23 heavy (non-hydrogen) atoms. The summed E-state index contributed by atoms with van der Waals surface area (Å²) < 4.78 is 26.4. The number of nitrogens with one attached hydrogen (secondary N) is 2.